The Labute approximate surface area is 152 Å². The van der Waals surface area contributed by atoms with Crippen LogP contribution in [0.25, 0.3) is 11.3 Å². The Balaban J connectivity index is 1.49. The molecule has 0 aliphatic carbocycles. The molecule has 0 saturated carbocycles. The Morgan fingerprint density at radius 1 is 1.19 bits per heavy atom. The number of aromatic nitrogens is 4. The normalized spacial score (nSPS) is 14.4. The maximum absolute atomic E-state index is 13.2. The van der Waals surface area contributed by atoms with E-state index in [9.17, 15) is 4.39 Å². The van der Waals surface area contributed by atoms with Crippen LogP contribution in [0.2, 0.25) is 0 Å². The van der Waals surface area contributed by atoms with Crippen LogP contribution >= 0.6 is 0 Å². The van der Waals surface area contributed by atoms with Crippen LogP contribution in [0.15, 0.2) is 36.7 Å². The molecule has 134 valence electrons. The minimum atomic E-state index is -0.232. The molecule has 26 heavy (non-hydrogen) atoms. The molecule has 0 unspecified atom stereocenters. The Morgan fingerprint density at radius 3 is 2.85 bits per heavy atom. The maximum atomic E-state index is 13.2. The van der Waals surface area contributed by atoms with Gasteiger partial charge in [-0.05, 0) is 30.7 Å². The standard InChI is InChI=1S/C20H22FN5/c1-2-3-19-22-10-15-12-26(9-8-18(15)24-19)13-16-11-23-25-20(16)14-4-6-17(21)7-5-14/h4-7,10-11H,2-3,8-9,12-13H2,1H3,(H,23,25). The molecule has 2 aromatic heterocycles. The van der Waals surface area contributed by atoms with Gasteiger partial charge in [0, 0.05) is 61.1 Å². The average molecular weight is 351 g/mol. The number of nitrogens with zero attached hydrogens (tertiary/aromatic N) is 4. The molecule has 0 radical (unpaired) electrons. The van der Waals surface area contributed by atoms with Gasteiger partial charge in [-0.25, -0.2) is 14.4 Å². The summed E-state index contributed by atoms with van der Waals surface area (Å²) in [6.07, 6.45) is 6.79. The van der Waals surface area contributed by atoms with E-state index in [1.54, 1.807) is 12.1 Å². The van der Waals surface area contributed by atoms with Gasteiger partial charge in [0.2, 0.25) is 0 Å². The van der Waals surface area contributed by atoms with Crippen molar-refractivity contribution in [2.45, 2.75) is 39.3 Å². The zero-order valence-electron chi connectivity index (χ0n) is 14.9. The van der Waals surface area contributed by atoms with E-state index in [0.29, 0.717) is 0 Å². The van der Waals surface area contributed by atoms with Crippen molar-refractivity contribution in [1.82, 2.24) is 25.1 Å². The lowest BCUT2D eigenvalue weighted by atomic mass is 10.0. The minimum Gasteiger partial charge on any atom is -0.294 e. The molecule has 1 aliphatic rings. The number of halogens is 1. The number of hydrogen-bond donors (Lipinski definition) is 1. The molecule has 0 atom stereocenters. The third-order valence-electron chi connectivity index (χ3n) is 4.78. The summed E-state index contributed by atoms with van der Waals surface area (Å²) in [5, 5.41) is 7.24. The predicted molar refractivity (Wildman–Crippen MR) is 97.8 cm³/mol. The number of rotatable bonds is 5. The van der Waals surface area contributed by atoms with E-state index in [1.165, 1.54) is 23.4 Å². The second-order valence-corrected chi connectivity index (χ2v) is 6.75. The van der Waals surface area contributed by atoms with E-state index >= 15 is 0 Å². The fraction of sp³-hybridized carbons (Fsp3) is 0.350. The Bertz CT molecular complexity index is 887. The molecule has 0 amide bonds. The minimum absolute atomic E-state index is 0.232. The quantitative estimate of drug-likeness (QED) is 0.764. The van der Waals surface area contributed by atoms with Crippen LogP contribution in [0.3, 0.4) is 0 Å². The predicted octanol–water partition coefficient (Wildman–Crippen LogP) is 3.52. The number of benzene rings is 1. The fourth-order valence-electron chi connectivity index (χ4n) is 3.43. The summed E-state index contributed by atoms with van der Waals surface area (Å²) in [5.41, 5.74) is 5.41. The lowest BCUT2D eigenvalue weighted by molar-refractivity contribution is 0.243. The van der Waals surface area contributed by atoms with Gasteiger partial charge in [0.15, 0.2) is 0 Å². The van der Waals surface area contributed by atoms with Crippen molar-refractivity contribution in [3.05, 3.63) is 65.1 Å². The molecule has 1 N–H and O–H groups in total. The summed E-state index contributed by atoms with van der Waals surface area (Å²) >= 11 is 0. The lowest BCUT2D eigenvalue weighted by Crippen LogP contribution is -2.31. The number of fused-ring (bicyclic) bond motifs is 1. The summed E-state index contributed by atoms with van der Waals surface area (Å²) in [4.78, 5) is 11.6. The van der Waals surface area contributed by atoms with Crippen molar-refractivity contribution in [1.29, 1.82) is 0 Å². The van der Waals surface area contributed by atoms with Gasteiger partial charge in [-0.3, -0.25) is 10.00 Å². The monoisotopic (exact) mass is 351 g/mol. The SMILES string of the molecule is CCCc1ncc2c(n1)CCN(Cc1cn[nH]c1-c1ccc(F)cc1)C2. The Kier molecular flexibility index (Phi) is 4.75. The Hall–Kier alpha value is -2.60. The summed E-state index contributed by atoms with van der Waals surface area (Å²) in [6, 6.07) is 6.51. The van der Waals surface area contributed by atoms with Gasteiger partial charge in [-0.1, -0.05) is 6.92 Å². The van der Waals surface area contributed by atoms with E-state index in [0.717, 1.165) is 61.5 Å². The van der Waals surface area contributed by atoms with Crippen LogP contribution < -0.4 is 0 Å². The lowest BCUT2D eigenvalue weighted by Gasteiger charge is -2.28. The van der Waals surface area contributed by atoms with E-state index < -0.39 is 0 Å². The number of H-pyrrole nitrogens is 1. The van der Waals surface area contributed by atoms with E-state index in [1.807, 2.05) is 12.4 Å². The number of nitrogens with one attached hydrogen (secondary N) is 1. The highest BCUT2D eigenvalue weighted by Gasteiger charge is 2.20. The first kappa shape index (κ1) is 16.8. The molecule has 0 bridgehead atoms. The largest absolute Gasteiger partial charge is 0.294 e. The van der Waals surface area contributed by atoms with Crippen molar-refractivity contribution in [3.8, 4) is 11.3 Å². The molecular weight excluding hydrogens is 329 g/mol. The van der Waals surface area contributed by atoms with Gasteiger partial charge in [-0.2, -0.15) is 5.10 Å². The molecule has 0 fully saturated rings. The molecule has 1 aliphatic heterocycles. The van der Waals surface area contributed by atoms with E-state index in [2.05, 4.69) is 27.0 Å². The van der Waals surface area contributed by atoms with Crippen LogP contribution in [0, 0.1) is 5.82 Å². The Morgan fingerprint density at radius 2 is 2.04 bits per heavy atom. The van der Waals surface area contributed by atoms with Gasteiger partial charge in [0.05, 0.1) is 11.9 Å². The third-order valence-corrected chi connectivity index (χ3v) is 4.78. The topological polar surface area (TPSA) is 57.7 Å². The molecule has 3 aromatic rings. The van der Waals surface area contributed by atoms with Crippen molar-refractivity contribution < 1.29 is 4.39 Å². The fourth-order valence-corrected chi connectivity index (χ4v) is 3.43. The summed E-state index contributed by atoms with van der Waals surface area (Å²) < 4.78 is 13.2. The molecule has 4 rings (SSSR count). The average Bonchev–Trinajstić information content (AvgIpc) is 3.11. The zero-order chi connectivity index (χ0) is 17.9. The molecule has 5 nitrogen and oxygen atoms in total. The first-order valence-electron chi connectivity index (χ1n) is 9.07. The van der Waals surface area contributed by atoms with Gasteiger partial charge in [0.1, 0.15) is 11.6 Å². The van der Waals surface area contributed by atoms with Crippen molar-refractivity contribution in [2.24, 2.45) is 0 Å². The van der Waals surface area contributed by atoms with Crippen molar-refractivity contribution in [2.75, 3.05) is 6.54 Å². The molecular formula is C20H22FN5. The molecule has 1 aromatic carbocycles. The van der Waals surface area contributed by atoms with Crippen molar-refractivity contribution in [3.63, 3.8) is 0 Å². The summed E-state index contributed by atoms with van der Waals surface area (Å²) in [7, 11) is 0. The first-order chi connectivity index (χ1) is 12.7. The second-order valence-electron chi connectivity index (χ2n) is 6.75. The van der Waals surface area contributed by atoms with Crippen LogP contribution in [0.4, 0.5) is 4.39 Å². The molecule has 6 heteroatoms. The number of aromatic amines is 1. The summed E-state index contributed by atoms with van der Waals surface area (Å²) in [5.74, 6) is 0.720. The van der Waals surface area contributed by atoms with Crippen molar-refractivity contribution >= 4 is 0 Å². The van der Waals surface area contributed by atoms with Gasteiger partial charge >= 0.3 is 0 Å². The maximum Gasteiger partial charge on any atom is 0.128 e. The van der Waals surface area contributed by atoms with Gasteiger partial charge < -0.3 is 0 Å². The first-order valence-corrected chi connectivity index (χ1v) is 9.07. The van der Waals surface area contributed by atoms with Crippen LogP contribution in [-0.2, 0) is 25.9 Å². The molecule has 0 spiro atoms. The van der Waals surface area contributed by atoms with Crippen LogP contribution in [0.1, 0.15) is 36.0 Å². The van der Waals surface area contributed by atoms with Crippen LogP contribution in [0.5, 0.6) is 0 Å². The third kappa shape index (κ3) is 3.51. The van der Waals surface area contributed by atoms with E-state index in [4.69, 9.17) is 4.98 Å². The summed E-state index contributed by atoms with van der Waals surface area (Å²) in [6.45, 7) is 4.74. The second kappa shape index (κ2) is 7.33. The zero-order valence-corrected chi connectivity index (χ0v) is 14.9. The molecule has 3 heterocycles. The highest BCUT2D eigenvalue weighted by atomic mass is 19.1. The van der Waals surface area contributed by atoms with Gasteiger partial charge in [-0.15, -0.1) is 0 Å². The number of aryl methyl sites for hydroxylation is 1. The van der Waals surface area contributed by atoms with Crippen LogP contribution in [-0.4, -0.2) is 31.6 Å². The van der Waals surface area contributed by atoms with Gasteiger partial charge in [0.25, 0.3) is 0 Å². The smallest absolute Gasteiger partial charge is 0.128 e. The highest BCUT2D eigenvalue weighted by Crippen LogP contribution is 2.25. The van der Waals surface area contributed by atoms with E-state index in [-0.39, 0.29) is 5.82 Å². The highest BCUT2D eigenvalue weighted by molar-refractivity contribution is 5.62. The number of hydrogen-bond acceptors (Lipinski definition) is 4. The molecule has 0 saturated heterocycles.